The van der Waals surface area contributed by atoms with Crippen LogP contribution in [0.1, 0.15) is 15.9 Å². The van der Waals surface area contributed by atoms with Gasteiger partial charge in [-0.1, -0.05) is 23.7 Å². The first-order valence-corrected chi connectivity index (χ1v) is 7.94. The highest BCUT2D eigenvalue weighted by Crippen LogP contribution is 2.22. The zero-order chi connectivity index (χ0) is 18.5. The van der Waals surface area contributed by atoms with E-state index in [1.807, 2.05) is 0 Å². The molecule has 0 saturated carbocycles. The highest BCUT2D eigenvalue weighted by molar-refractivity contribution is 6.31. The van der Waals surface area contributed by atoms with Crippen molar-refractivity contribution in [3.8, 4) is 5.69 Å². The molecule has 2 aromatic carbocycles. The molecule has 1 N–H and O–H groups in total. The van der Waals surface area contributed by atoms with Crippen molar-refractivity contribution in [3.05, 3.63) is 64.9 Å². The van der Waals surface area contributed by atoms with Gasteiger partial charge < -0.3 is 10.1 Å². The fraction of sp³-hybridized carbons (Fsp3) is 0.118. The Morgan fingerprint density at radius 3 is 2.62 bits per heavy atom. The highest BCUT2D eigenvalue weighted by Gasteiger charge is 2.15. The molecule has 0 radical (unpaired) electrons. The number of benzene rings is 2. The van der Waals surface area contributed by atoms with Crippen molar-refractivity contribution in [2.75, 3.05) is 12.4 Å². The molecule has 0 bridgehead atoms. The number of esters is 1. The Hall–Kier alpha value is -3.26. The summed E-state index contributed by atoms with van der Waals surface area (Å²) in [5.41, 5.74) is 2.12. The summed E-state index contributed by atoms with van der Waals surface area (Å²) in [5.74, 6) is -0.846. The van der Waals surface area contributed by atoms with E-state index in [2.05, 4.69) is 20.8 Å². The predicted octanol–water partition coefficient (Wildman–Crippen LogP) is 2.28. The van der Waals surface area contributed by atoms with Gasteiger partial charge in [-0.3, -0.25) is 4.79 Å². The number of hydrogen-bond donors (Lipinski definition) is 1. The van der Waals surface area contributed by atoms with Crippen LogP contribution >= 0.6 is 11.6 Å². The number of nitrogens with zero attached hydrogens (tertiary/aromatic N) is 4. The summed E-state index contributed by atoms with van der Waals surface area (Å²) in [6.07, 6.45) is 1.62. The maximum atomic E-state index is 12.3. The molecule has 9 heteroatoms. The predicted molar refractivity (Wildman–Crippen MR) is 94.3 cm³/mol. The van der Waals surface area contributed by atoms with Crippen LogP contribution < -0.4 is 5.32 Å². The number of ether oxygens (including phenoxy) is 1. The highest BCUT2D eigenvalue weighted by atomic mass is 35.5. The first-order valence-electron chi connectivity index (χ1n) is 7.57. The molecule has 0 saturated heterocycles. The molecule has 8 nitrogen and oxygen atoms in total. The smallest absolute Gasteiger partial charge is 0.340 e. The number of halogens is 1. The number of rotatable bonds is 5. The third-order valence-corrected chi connectivity index (χ3v) is 3.81. The van der Waals surface area contributed by atoms with Crippen molar-refractivity contribution in [1.29, 1.82) is 0 Å². The second-order valence-corrected chi connectivity index (χ2v) is 5.76. The number of carbonyl (C=O) groups is 2. The quantitative estimate of drug-likeness (QED) is 0.691. The van der Waals surface area contributed by atoms with Crippen molar-refractivity contribution in [2.45, 2.75) is 6.42 Å². The maximum Gasteiger partial charge on any atom is 0.340 e. The average Bonchev–Trinajstić information content (AvgIpc) is 3.18. The number of anilines is 1. The van der Waals surface area contributed by atoms with E-state index in [1.54, 1.807) is 36.4 Å². The second kappa shape index (κ2) is 7.75. The van der Waals surface area contributed by atoms with Gasteiger partial charge >= 0.3 is 5.97 Å². The molecule has 1 heterocycles. The summed E-state index contributed by atoms with van der Waals surface area (Å²) in [6, 6.07) is 11.8. The number of nitrogens with one attached hydrogen (secondary N) is 1. The Kier molecular flexibility index (Phi) is 5.23. The van der Waals surface area contributed by atoms with Gasteiger partial charge in [-0.05, 0) is 46.3 Å². The lowest BCUT2D eigenvalue weighted by Crippen LogP contribution is -2.17. The normalized spacial score (nSPS) is 10.4. The van der Waals surface area contributed by atoms with Gasteiger partial charge in [0, 0.05) is 5.02 Å². The van der Waals surface area contributed by atoms with E-state index in [0.717, 1.165) is 11.3 Å². The fourth-order valence-electron chi connectivity index (χ4n) is 2.33. The Labute approximate surface area is 153 Å². The lowest BCUT2D eigenvalue weighted by Gasteiger charge is -2.10. The van der Waals surface area contributed by atoms with Gasteiger partial charge in [-0.15, -0.1) is 5.10 Å². The molecule has 0 unspecified atom stereocenters. The van der Waals surface area contributed by atoms with Gasteiger partial charge in [-0.25, -0.2) is 9.48 Å². The molecule has 1 amide bonds. The zero-order valence-corrected chi connectivity index (χ0v) is 14.5. The summed E-state index contributed by atoms with van der Waals surface area (Å²) in [4.78, 5) is 24.1. The molecule has 1 aromatic heterocycles. The standard InChI is InChI=1S/C17H14ClN5O3/c1-26-17(25)14-9-12(18)4-7-15(14)20-16(24)8-11-2-5-13(6-3-11)23-10-19-21-22-23/h2-7,9-10H,8H2,1H3,(H,20,24). The summed E-state index contributed by atoms with van der Waals surface area (Å²) in [7, 11) is 1.26. The lowest BCUT2D eigenvalue weighted by molar-refractivity contribution is -0.115. The number of amides is 1. The van der Waals surface area contributed by atoms with Crippen molar-refractivity contribution in [1.82, 2.24) is 20.2 Å². The number of methoxy groups -OCH3 is 1. The third-order valence-electron chi connectivity index (χ3n) is 3.58. The number of aromatic nitrogens is 4. The van der Waals surface area contributed by atoms with Gasteiger partial charge in [0.1, 0.15) is 6.33 Å². The monoisotopic (exact) mass is 371 g/mol. The van der Waals surface area contributed by atoms with Crippen molar-refractivity contribution >= 4 is 29.2 Å². The lowest BCUT2D eigenvalue weighted by atomic mass is 10.1. The second-order valence-electron chi connectivity index (χ2n) is 5.33. The maximum absolute atomic E-state index is 12.3. The van der Waals surface area contributed by atoms with Crippen molar-refractivity contribution in [3.63, 3.8) is 0 Å². The third kappa shape index (κ3) is 4.04. The zero-order valence-electron chi connectivity index (χ0n) is 13.7. The van der Waals surface area contributed by atoms with Gasteiger partial charge in [-0.2, -0.15) is 0 Å². The Bertz CT molecular complexity index is 926. The van der Waals surface area contributed by atoms with Crippen LogP contribution in [0.3, 0.4) is 0 Å². The van der Waals surface area contributed by atoms with Crippen LogP contribution in [0.15, 0.2) is 48.8 Å². The minimum atomic E-state index is -0.575. The van der Waals surface area contributed by atoms with Crippen LogP contribution in [0, 0.1) is 0 Å². The summed E-state index contributed by atoms with van der Waals surface area (Å²) >= 11 is 5.90. The molecule has 3 rings (SSSR count). The molecule has 0 fully saturated rings. The van der Waals surface area contributed by atoms with Gasteiger partial charge in [0.05, 0.1) is 30.5 Å². The van der Waals surface area contributed by atoms with E-state index < -0.39 is 5.97 Å². The van der Waals surface area contributed by atoms with Crippen LogP contribution in [0.5, 0.6) is 0 Å². The van der Waals surface area contributed by atoms with E-state index in [-0.39, 0.29) is 17.9 Å². The average molecular weight is 372 g/mol. The van der Waals surface area contributed by atoms with Crippen LogP contribution in [-0.4, -0.2) is 39.2 Å². The Balaban J connectivity index is 1.70. The summed E-state index contributed by atoms with van der Waals surface area (Å²) < 4.78 is 6.23. The topological polar surface area (TPSA) is 99.0 Å². The minimum absolute atomic E-state index is 0.138. The summed E-state index contributed by atoms with van der Waals surface area (Å²) in [5, 5.41) is 14.0. The SMILES string of the molecule is COC(=O)c1cc(Cl)ccc1NC(=O)Cc1ccc(-n2cnnn2)cc1. The number of hydrogen-bond acceptors (Lipinski definition) is 6. The minimum Gasteiger partial charge on any atom is -0.465 e. The van der Waals surface area contributed by atoms with E-state index in [0.29, 0.717) is 10.7 Å². The molecule has 3 aromatic rings. The first kappa shape index (κ1) is 17.6. The van der Waals surface area contributed by atoms with E-state index >= 15 is 0 Å². The van der Waals surface area contributed by atoms with Gasteiger partial charge in [0.2, 0.25) is 5.91 Å². The first-order chi connectivity index (χ1) is 12.6. The molecule has 0 atom stereocenters. The van der Waals surface area contributed by atoms with E-state index in [9.17, 15) is 9.59 Å². The summed E-state index contributed by atoms with van der Waals surface area (Å²) in [6.45, 7) is 0. The molecule has 0 spiro atoms. The number of tetrazole rings is 1. The van der Waals surface area contributed by atoms with Crippen molar-refractivity contribution < 1.29 is 14.3 Å². The van der Waals surface area contributed by atoms with Crippen LogP contribution in [-0.2, 0) is 16.0 Å². The van der Waals surface area contributed by atoms with Gasteiger partial charge in [0.15, 0.2) is 0 Å². The largest absolute Gasteiger partial charge is 0.465 e. The molecule has 132 valence electrons. The number of carbonyl (C=O) groups excluding carboxylic acids is 2. The Morgan fingerprint density at radius 1 is 1.19 bits per heavy atom. The Morgan fingerprint density at radius 2 is 1.96 bits per heavy atom. The van der Waals surface area contributed by atoms with E-state index in [4.69, 9.17) is 16.3 Å². The fourth-order valence-corrected chi connectivity index (χ4v) is 2.50. The van der Waals surface area contributed by atoms with Crippen LogP contribution in [0.25, 0.3) is 5.69 Å². The van der Waals surface area contributed by atoms with Crippen molar-refractivity contribution in [2.24, 2.45) is 0 Å². The molecular formula is C17H14ClN5O3. The molecular weight excluding hydrogens is 358 g/mol. The van der Waals surface area contributed by atoms with Crippen LogP contribution in [0.2, 0.25) is 5.02 Å². The molecule has 0 aliphatic carbocycles. The molecule has 0 aliphatic heterocycles. The van der Waals surface area contributed by atoms with Crippen LogP contribution in [0.4, 0.5) is 5.69 Å². The van der Waals surface area contributed by atoms with Gasteiger partial charge in [0.25, 0.3) is 0 Å². The molecule has 26 heavy (non-hydrogen) atoms. The molecule has 0 aliphatic rings. The van der Waals surface area contributed by atoms with E-state index in [1.165, 1.54) is 24.2 Å².